The molecule has 0 aromatic heterocycles. The zero-order chi connectivity index (χ0) is 18.9. The van der Waals surface area contributed by atoms with E-state index in [4.69, 9.17) is 21.1 Å². The van der Waals surface area contributed by atoms with Gasteiger partial charge in [0.1, 0.15) is 0 Å². The van der Waals surface area contributed by atoms with E-state index in [9.17, 15) is 4.79 Å². The normalized spacial score (nSPS) is 10.6. The van der Waals surface area contributed by atoms with Crippen LogP contribution in [0.2, 0.25) is 5.02 Å². The van der Waals surface area contributed by atoms with Gasteiger partial charge in [0.05, 0.1) is 31.5 Å². The highest BCUT2D eigenvalue weighted by molar-refractivity contribution is 6.32. The molecule has 0 spiro atoms. The van der Waals surface area contributed by atoms with Crippen molar-refractivity contribution in [3.8, 4) is 11.5 Å². The summed E-state index contributed by atoms with van der Waals surface area (Å²) in [7, 11) is 1.54. The van der Waals surface area contributed by atoms with Crippen molar-refractivity contribution in [2.24, 2.45) is 5.10 Å². The van der Waals surface area contributed by atoms with E-state index in [1.807, 2.05) is 38.1 Å². The van der Waals surface area contributed by atoms with Gasteiger partial charge in [0.2, 0.25) is 0 Å². The summed E-state index contributed by atoms with van der Waals surface area (Å²) in [6.07, 6.45) is 1.49. The van der Waals surface area contributed by atoms with Crippen LogP contribution in [0.3, 0.4) is 0 Å². The Labute approximate surface area is 158 Å². The molecule has 0 atom stereocenters. The zero-order valence-electron chi connectivity index (χ0n) is 15.0. The number of nitrogens with zero attached hydrogens (tertiary/aromatic N) is 1. The monoisotopic (exact) mass is 375 g/mol. The Morgan fingerprint density at radius 3 is 2.65 bits per heavy atom. The topological polar surface area (TPSA) is 72.0 Å². The van der Waals surface area contributed by atoms with Crippen LogP contribution in [-0.2, 0) is 4.79 Å². The van der Waals surface area contributed by atoms with Gasteiger partial charge in [-0.25, -0.2) is 5.43 Å². The number of hydrazone groups is 1. The molecule has 2 rings (SSSR count). The molecule has 6 nitrogen and oxygen atoms in total. The van der Waals surface area contributed by atoms with Gasteiger partial charge >= 0.3 is 0 Å². The minimum absolute atomic E-state index is 0.119. The first kappa shape index (κ1) is 19.6. The summed E-state index contributed by atoms with van der Waals surface area (Å²) in [5.41, 5.74) is 5.18. The quantitative estimate of drug-likeness (QED) is 0.546. The van der Waals surface area contributed by atoms with Crippen LogP contribution in [0.4, 0.5) is 5.69 Å². The largest absolute Gasteiger partial charge is 0.493 e. The van der Waals surface area contributed by atoms with Gasteiger partial charge < -0.3 is 14.8 Å². The number of anilines is 1. The van der Waals surface area contributed by atoms with E-state index in [-0.39, 0.29) is 12.5 Å². The molecule has 0 fully saturated rings. The highest BCUT2D eigenvalue weighted by atomic mass is 35.5. The molecule has 2 N–H and O–H groups in total. The van der Waals surface area contributed by atoms with Crippen LogP contribution >= 0.6 is 11.6 Å². The number of hydrogen-bond acceptors (Lipinski definition) is 5. The highest BCUT2D eigenvalue weighted by Gasteiger charge is 2.10. The number of nitrogens with one attached hydrogen (secondary N) is 2. The number of rotatable bonds is 8. The predicted molar refractivity (Wildman–Crippen MR) is 105 cm³/mol. The van der Waals surface area contributed by atoms with E-state index < -0.39 is 0 Å². The van der Waals surface area contributed by atoms with E-state index in [0.717, 1.165) is 11.3 Å². The van der Waals surface area contributed by atoms with Crippen molar-refractivity contribution in [1.29, 1.82) is 0 Å². The molecule has 0 unspecified atom stereocenters. The minimum atomic E-state index is -0.258. The number of carbonyl (C=O) groups excluding carboxylic acids is 1. The zero-order valence-corrected chi connectivity index (χ0v) is 15.8. The molecule has 2 aromatic carbocycles. The first-order valence-electron chi connectivity index (χ1n) is 8.16. The summed E-state index contributed by atoms with van der Waals surface area (Å²) in [5.74, 6) is 0.735. The molecule has 0 saturated heterocycles. The summed E-state index contributed by atoms with van der Waals surface area (Å²) in [4.78, 5) is 11.8. The van der Waals surface area contributed by atoms with Crippen molar-refractivity contribution >= 4 is 29.4 Å². The van der Waals surface area contributed by atoms with Gasteiger partial charge in [-0.2, -0.15) is 5.10 Å². The smallest absolute Gasteiger partial charge is 0.259 e. The number of amides is 1. The third-order valence-corrected chi connectivity index (χ3v) is 3.73. The lowest BCUT2D eigenvalue weighted by atomic mass is 10.2. The lowest BCUT2D eigenvalue weighted by Crippen LogP contribution is -2.25. The van der Waals surface area contributed by atoms with E-state index >= 15 is 0 Å². The molecular weight excluding hydrogens is 354 g/mol. The molecule has 1 amide bonds. The molecule has 7 heteroatoms. The molecule has 0 radical (unpaired) electrons. The lowest BCUT2D eigenvalue weighted by Gasteiger charge is -2.11. The number of methoxy groups -OCH3 is 1. The van der Waals surface area contributed by atoms with Gasteiger partial charge in [0.15, 0.2) is 11.5 Å². The fourth-order valence-electron chi connectivity index (χ4n) is 2.17. The van der Waals surface area contributed by atoms with Gasteiger partial charge in [-0.15, -0.1) is 0 Å². The average Bonchev–Trinajstić information content (AvgIpc) is 2.63. The Kier molecular flexibility index (Phi) is 7.29. The number of halogens is 1. The Morgan fingerprint density at radius 1 is 1.27 bits per heavy atom. The standard InChI is InChI=1S/C19H22ClN3O3/c1-4-26-19-16(20)9-14(10-17(19)25-3)11-22-23-18(24)12-21-15-7-5-13(2)6-8-15/h5-11,21H,4,12H2,1-3H3,(H,23,24)/b22-11-. The molecule has 0 bridgehead atoms. The number of aryl methyl sites for hydroxylation is 1. The fourth-order valence-corrected chi connectivity index (χ4v) is 2.44. The van der Waals surface area contributed by atoms with Crippen LogP contribution in [0, 0.1) is 6.92 Å². The minimum Gasteiger partial charge on any atom is -0.493 e. The van der Waals surface area contributed by atoms with Crippen LogP contribution in [0.5, 0.6) is 11.5 Å². The third kappa shape index (κ3) is 5.67. The molecule has 0 aliphatic carbocycles. The Balaban J connectivity index is 1.91. The number of benzene rings is 2. The Bertz CT molecular complexity index is 776. The molecule has 0 aliphatic rings. The van der Waals surface area contributed by atoms with Crippen LogP contribution in [0.15, 0.2) is 41.5 Å². The first-order chi connectivity index (χ1) is 12.5. The molecule has 2 aromatic rings. The molecule has 138 valence electrons. The van der Waals surface area contributed by atoms with Crippen LogP contribution in [0.1, 0.15) is 18.1 Å². The van der Waals surface area contributed by atoms with E-state index in [0.29, 0.717) is 28.7 Å². The SMILES string of the molecule is CCOc1c(Cl)cc(/C=N\NC(=O)CNc2ccc(C)cc2)cc1OC. The fraction of sp³-hybridized carbons (Fsp3) is 0.263. The second kappa shape index (κ2) is 9.68. The summed E-state index contributed by atoms with van der Waals surface area (Å²) >= 11 is 6.20. The number of hydrogen-bond donors (Lipinski definition) is 2. The molecule has 26 heavy (non-hydrogen) atoms. The van der Waals surface area contributed by atoms with Crippen molar-refractivity contribution < 1.29 is 14.3 Å². The van der Waals surface area contributed by atoms with Crippen molar-refractivity contribution in [2.75, 3.05) is 25.6 Å². The molecule has 0 heterocycles. The first-order valence-corrected chi connectivity index (χ1v) is 8.54. The van der Waals surface area contributed by atoms with E-state index in [1.165, 1.54) is 13.3 Å². The van der Waals surface area contributed by atoms with E-state index in [2.05, 4.69) is 15.8 Å². The summed E-state index contributed by atoms with van der Waals surface area (Å²) in [6, 6.07) is 11.2. The maximum Gasteiger partial charge on any atom is 0.259 e. The molecular formula is C19H22ClN3O3. The second-order valence-corrected chi connectivity index (χ2v) is 5.89. The second-order valence-electron chi connectivity index (χ2n) is 5.48. The predicted octanol–water partition coefficient (Wildman–Crippen LogP) is 3.62. The van der Waals surface area contributed by atoms with Crippen LogP contribution in [0.25, 0.3) is 0 Å². The Hall–Kier alpha value is -2.73. The third-order valence-electron chi connectivity index (χ3n) is 3.45. The van der Waals surface area contributed by atoms with E-state index in [1.54, 1.807) is 12.1 Å². The van der Waals surface area contributed by atoms with Gasteiger partial charge in [0, 0.05) is 5.69 Å². The van der Waals surface area contributed by atoms with Crippen molar-refractivity contribution in [2.45, 2.75) is 13.8 Å². The van der Waals surface area contributed by atoms with Crippen LogP contribution in [-0.4, -0.2) is 32.4 Å². The van der Waals surface area contributed by atoms with Crippen molar-refractivity contribution in [3.63, 3.8) is 0 Å². The Morgan fingerprint density at radius 2 is 2.00 bits per heavy atom. The lowest BCUT2D eigenvalue weighted by molar-refractivity contribution is -0.119. The summed E-state index contributed by atoms with van der Waals surface area (Å²) in [5, 5.41) is 7.38. The maximum atomic E-state index is 11.8. The van der Waals surface area contributed by atoms with Crippen molar-refractivity contribution in [1.82, 2.24) is 5.43 Å². The van der Waals surface area contributed by atoms with Gasteiger partial charge in [-0.1, -0.05) is 29.3 Å². The average molecular weight is 376 g/mol. The van der Waals surface area contributed by atoms with Crippen molar-refractivity contribution in [3.05, 3.63) is 52.5 Å². The molecule has 0 saturated carbocycles. The maximum absolute atomic E-state index is 11.8. The number of ether oxygens (including phenoxy) is 2. The number of carbonyl (C=O) groups is 1. The van der Waals surface area contributed by atoms with Gasteiger partial charge in [0.25, 0.3) is 5.91 Å². The summed E-state index contributed by atoms with van der Waals surface area (Å²) < 4.78 is 10.7. The van der Waals surface area contributed by atoms with Gasteiger partial charge in [-0.3, -0.25) is 4.79 Å². The molecule has 0 aliphatic heterocycles. The summed E-state index contributed by atoms with van der Waals surface area (Å²) in [6.45, 7) is 4.47. The highest BCUT2D eigenvalue weighted by Crippen LogP contribution is 2.35. The van der Waals surface area contributed by atoms with Gasteiger partial charge in [-0.05, 0) is 43.7 Å². The van der Waals surface area contributed by atoms with Crippen LogP contribution < -0.4 is 20.2 Å².